The maximum absolute atomic E-state index is 11.9. The highest BCUT2D eigenvalue weighted by Crippen LogP contribution is 2.20. The van der Waals surface area contributed by atoms with Gasteiger partial charge in [0.05, 0.1) is 31.5 Å². The number of amides is 1. The van der Waals surface area contributed by atoms with E-state index in [-0.39, 0.29) is 18.9 Å². The lowest BCUT2D eigenvalue weighted by Crippen LogP contribution is -2.16. The first kappa shape index (κ1) is 16.0. The molecule has 0 unspecified atom stereocenters. The topological polar surface area (TPSA) is 71.5 Å². The van der Waals surface area contributed by atoms with Crippen LogP contribution in [0.2, 0.25) is 0 Å². The minimum absolute atomic E-state index is 0.142. The molecule has 1 aromatic carbocycles. The molecule has 1 heterocycles. The molecule has 0 aliphatic rings. The highest BCUT2D eigenvalue weighted by Gasteiger charge is 2.08. The fourth-order valence-electron chi connectivity index (χ4n) is 2.02. The lowest BCUT2D eigenvalue weighted by Gasteiger charge is -2.11. The number of hydrogen-bond acceptors (Lipinski definition) is 4. The molecule has 0 radical (unpaired) electrons. The van der Waals surface area contributed by atoms with Crippen molar-refractivity contribution in [3.05, 3.63) is 53.3 Å². The number of anilines is 1. The van der Waals surface area contributed by atoms with Gasteiger partial charge in [0.25, 0.3) is 0 Å². The van der Waals surface area contributed by atoms with Crippen LogP contribution in [0.15, 0.2) is 36.7 Å². The van der Waals surface area contributed by atoms with Crippen molar-refractivity contribution < 1.29 is 14.6 Å². The van der Waals surface area contributed by atoms with E-state index in [9.17, 15) is 9.90 Å². The van der Waals surface area contributed by atoms with Crippen molar-refractivity contribution in [3.63, 3.8) is 0 Å². The molecule has 0 aliphatic carbocycles. The number of aliphatic hydroxyl groups excluding tert-OH is 1. The molecule has 0 spiro atoms. The third-order valence-corrected chi connectivity index (χ3v) is 3.50. The van der Waals surface area contributed by atoms with Crippen molar-refractivity contribution in [2.24, 2.45) is 0 Å². The summed E-state index contributed by atoms with van der Waals surface area (Å²) in [5, 5.41) is 11.9. The Bertz CT molecular complexity index is 656. The molecule has 2 aromatic rings. The zero-order valence-corrected chi connectivity index (χ0v) is 12.8. The van der Waals surface area contributed by atoms with Crippen LogP contribution in [0.25, 0.3) is 0 Å². The van der Waals surface area contributed by atoms with Gasteiger partial charge >= 0.3 is 0 Å². The van der Waals surface area contributed by atoms with E-state index in [1.54, 1.807) is 12.3 Å². The van der Waals surface area contributed by atoms with Gasteiger partial charge in [0, 0.05) is 11.8 Å². The number of carbonyl (C=O) groups is 1. The maximum atomic E-state index is 11.9. The number of rotatable bonds is 6. The van der Waals surface area contributed by atoms with Crippen molar-refractivity contribution in [2.45, 2.75) is 26.9 Å². The first-order valence-electron chi connectivity index (χ1n) is 7.14. The number of aliphatic hydroxyl groups is 1. The van der Waals surface area contributed by atoms with Crippen LogP contribution in [0, 0.1) is 13.8 Å². The second kappa shape index (κ2) is 7.56. The van der Waals surface area contributed by atoms with Gasteiger partial charge in [0.2, 0.25) is 5.91 Å². The minimum atomic E-state index is -0.173. The van der Waals surface area contributed by atoms with E-state index in [4.69, 9.17) is 4.74 Å². The van der Waals surface area contributed by atoms with Gasteiger partial charge in [-0.3, -0.25) is 9.78 Å². The van der Waals surface area contributed by atoms with Crippen molar-refractivity contribution in [2.75, 3.05) is 11.9 Å². The van der Waals surface area contributed by atoms with Crippen molar-refractivity contribution in [1.82, 2.24) is 4.98 Å². The number of aryl methyl sites for hydroxylation is 1. The Morgan fingerprint density at radius 1 is 1.32 bits per heavy atom. The predicted octanol–water partition coefficient (Wildman–Crippen LogP) is 2.60. The molecule has 5 heteroatoms. The number of nitrogens with one attached hydrogen (secondary N) is 1. The highest BCUT2D eigenvalue weighted by atomic mass is 16.5. The first-order chi connectivity index (χ1) is 10.6. The molecule has 0 fully saturated rings. The number of carbonyl (C=O) groups excluding carboxylic acids is 1. The number of hydrogen-bond donors (Lipinski definition) is 2. The molecule has 0 atom stereocenters. The number of ether oxygens (including phenoxy) is 1. The van der Waals surface area contributed by atoms with E-state index in [2.05, 4.69) is 10.3 Å². The van der Waals surface area contributed by atoms with Crippen molar-refractivity contribution >= 4 is 11.6 Å². The molecule has 2 rings (SSSR count). The third-order valence-electron chi connectivity index (χ3n) is 3.50. The lowest BCUT2D eigenvalue weighted by molar-refractivity contribution is -0.116. The van der Waals surface area contributed by atoms with E-state index in [0.29, 0.717) is 17.9 Å². The lowest BCUT2D eigenvalue weighted by atomic mass is 10.1. The standard InChI is InChI=1S/C17H20N2O3/c1-12-4-3-5-16(13(12)2)22-9-7-17(21)19-15-10-18-8-6-14(15)11-20/h3-6,8,10,20H,7,9,11H2,1-2H3,(H,19,21). The summed E-state index contributed by atoms with van der Waals surface area (Å²) in [5.74, 6) is 0.623. The number of pyridine rings is 1. The van der Waals surface area contributed by atoms with Crippen LogP contribution >= 0.6 is 0 Å². The normalized spacial score (nSPS) is 10.3. The summed E-state index contributed by atoms with van der Waals surface area (Å²) in [7, 11) is 0. The smallest absolute Gasteiger partial charge is 0.227 e. The van der Waals surface area contributed by atoms with Crippen LogP contribution in [0.5, 0.6) is 5.75 Å². The van der Waals surface area contributed by atoms with E-state index in [0.717, 1.165) is 16.9 Å². The SMILES string of the molecule is Cc1cccc(OCCC(=O)Nc2cnccc2CO)c1C. The monoisotopic (exact) mass is 300 g/mol. The molecular formula is C17H20N2O3. The Balaban J connectivity index is 1.87. The van der Waals surface area contributed by atoms with E-state index >= 15 is 0 Å². The van der Waals surface area contributed by atoms with Crippen LogP contribution in [-0.2, 0) is 11.4 Å². The number of nitrogens with zero attached hydrogens (tertiary/aromatic N) is 1. The van der Waals surface area contributed by atoms with Crippen molar-refractivity contribution in [3.8, 4) is 5.75 Å². The fourth-order valence-corrected chi connectivity index (χ4v) is 2.02. The van der Waals surface area contributed by atoms with Gasteiger partial charge < -0.3 is 15.2 Å². The summed E-state index contributed by atoms with van der Waals surface area (Å²) in [6, 6.07) is 7.52. The Kier molecular flexibility index (Phi) is 5.49. The quantitative estimate of drug-likeness (QED) is 0.860. The average molecular weight is 300 g/mol. The van der Waals surface area contributed by atoms with E-state index in [1.807, 2.05) is 32.0 Å². The van der Waals surface area contributed by atoms with Gasteiger partial charge in [0.1, 0.15) is 5.75 Å². The summed E-state index contributed by atoms with van der Waals surface area (Å²) in [6.07, 6.45) is 3.33. The second-order valence-electron chi connectivity index (χ2n) is 5.04. The number of benzene rings is 1. The molecule has 1 aromatic heterocycles. The Labute approximate surface area is 130 Å². The Hall–Kier alpha value is -2.40. The third kappa shape index (κ3) is 4.05. The largest absolute Gasteiger partial charge is 0.493 e. The number of aromatic nitrogens is 1. The Morgan fingerprint density at radius 3 is 2.91 bits per heavy atom. The molecule has 22 heavy (non-hydrogen) atoms. The molecule has 5 nitrogen and oxygen atoms in total. The van der Waals surface area contributed by atoms with Gasteiger partial charge in [0.15, 0.2) is 0 Å². The average Bonchev–Trinajstić information content (AvgIpc) is 2.52. The van der Waals surface area contributed by atoms with Crippen molar-refractivity contribution in [1.29, 1.82) is 0 Å². The molecular weight excluding hydrogens is 280 g/mol. The van der Waals surface area contributed by atoms with Crippen LogP contribution in [-0.4, -0.2) is 22.6 Å². The second-order valence-corrected chi connectivity index (χ2v) is 5.04. The molecule has 0 bridgehead atoms. The van der Waals surface area contributed by atoms with E-state index < -0.39 is 0 Å². The fraction of sp³-hybridized carbons (Fsp3) is 0.294. The summed E-state index contributed by atoms with van der Waals surface area (Å²) >= 11 is 0. The predicted molar refractivity (Wildman–Crippen MR) is 84.8 cm³/mol. The minimum Gasteiger partial charge on any atom is -0.493 e. The van der Waals surface area contributed by atoms with Crippen LogP contribution < -0.4 is 10.1 Å². The van der Waals surface area contributed by atoms with Gasteiger partial charge in [-0.2, -0.15) is 0 Å². The maximum Gasteiger partial charge on any atom is 0.227 e. The van der Waals surface area contributed by atoms with E-state index in [1.165, 1.54) is 6.20 Å². The van der Waals surface area contributed by atoms with Crippen LogP contribution in [0.4, 0.5) is 5.69 Å². The van der Waals surface area contributed by atoms with Crippen LogP contribution in [0.3, 0.4) is 0 Å². The molecule has 2 N–H and O–H groups in total. The van der Waals surface area contributed by atoms with Gasteiger partial charge in [-0.15, -0.1) is 0 Å². The molecule has 1 amide bonds. The first-order valence-corrected chi connectivity index (χ1v) is 7.14. The zero-order chi connectivity index (χ0) is 15.9. The highest BCUT2D eigenvalue weighted by molar-refractivity contribution is 5.91. The summed E-state index contributed by atoms with van der Waals surface area (Å²) in [5.41, 5.74) is 3.41. The molecule has 116 valence electrons. The molecule has 0 aliphatic heterocycles. The Morgan fingerprint density at radius 2 is 2.14 bits per heavy atom. The summed E-state index contributed by atoms with van der Waals surface area (Å²) in [4.78, 5) is 15.9. The zero-order valence-electron chi connectivity index (χ0n) is 12.8. The van der Waals surface area contributed by atoms with Gasteiger partial charge in [-0.05, 0) is 37.1 Å². The van der Waals surface area contributed by atoms with Gasteiger partial charge in [-0.25, -0.2) is 0 Å². The van der Waals surface area contributed by atoms with Gasteiger partial charge in [-0.1, -0.05) is 12.1 Å². The summed E-state index contributed by atoms with van der Waals surface area (Å²) in [6.45, 7) is 4.17. The van der Waals surface area contributed by atoms with Crippen LogP contribution in [0.1, 0.15) is 23.1 Å². The molecule has 0 saturated carbocycles. The molecule has 0 saturated heterocycles. The summed E-state index contributed by atoms with van der Waals surface area (Å²) < 4.78 is 5.66.